The van der Waals surface area contributed by atoms with E-state index in [4.69, 9.17) is 16.3 Å². The monoisotopic (exact) mass is 613 g/mol. The second-order valence-electron chi connectivity index (χ2n) is 11.1. The van der Waals surface area contributed by atoms with Crippen LogP contribution in [0.15, 0.2) is 53.4 Å². The maximum absolute atomic E-state index is 13.1. The van der Waals surface area contributed by atoms with E-state index in [0.29, 0.717) is 32.3 Å². The summed E-state index contributed by atoms with van der Waals surface area (Å²) < 4.78 is 21.3. The Morgan fingerprint density at radius 3 is 2.17 bits per heavy atom. The summed E-state index contributed by atoms with van der Waals surface area (Å²) >= 11 is 6.19. The first-order valence-electron chi connectivity index (χ1n) is 13.2. The normalized spacial score (nSPS) is 12.7. The van der Waals surface area contributed by atoms with Crippen LogP contribution in [0.2, 0.25) is 5.02 Å². The first-order chi connectivity index (χ1) is 19.6. The van der Waals surface area contributed by atoms with E-state index in [9.17, 15) is 23.7 Å². The Bertz CT molecular complexity index is 1530. The van der Waals surface area contributed by atoms with Crippen LogP contribution in [0.1, 0.15) is 53.4 Å². The molecule has 0 saturated heterocycles. The minimum absolute atomic E-state index is 0.339. The van der Waals surface area contributed by atoms with Crippen LogP contribution in [0.4, 0.5) is 10.5 Å². The molecule has 0 aromatic heterocycles. The first kappa shape index (κ1) is 32.6. The van der Waals surface area contributed by atoms with E-state index in [1.807, 2.05) is 56.3 Å². The lowest BCUT2D eigenvalue weighted by atomic mass is 9.94. The molecule has 4 N–H and O–H groups in total. The number of carboxylic acids is 1. The standard InChI is InChI=1S/C31H36ClN3O6S/c1-17-14-26(18(2)13-24(17)32)42(40)35-23-10-8-9-21(15-23)22-11-19(3)27(20(4)12-22)28(36)34-25(29(37)38)16-33-30(39)41-31(5,6)7/h8-15,25,35H,16H2,1-7H3,(H,33,39)(H,34,36)(H,37,38)/t25-,42?/m1/s1. The Morgan fingerprint density at radius 1 is 0.929 bits per heavy atom. The van der Waals surface area contributed by atoms with Crippen LogP contribution in [0, 0.1) is 27.7 Å². The third-order valence-corrected chi connectivity index (χ3v) is 7.94. The first-order valence-corrected chi connectivity index (χ1v) is 14.8. The number of aryl methyl sites for hydroxylation is 4. The predicted molar refractivity (Wildman–Crippen MR) is 165 cm³/mol. The molecule has 3 aromatic carbocycles. The SMILES string of the molecule is Cc1cc(S(=O)Nc2cccc(-c3cc(C)c(C(=O)N[C@H](CNC(=O)OC(C)(C)C)C(=O)O)c(C)c3)c2)c(C)cc1Cl. The quantitative estimate of drug-likeness (QED) is 0.231. The predicted octanol–water partition coefficient (Wildman–Crippen LogP) is 6.08. The van der Waals surface area contributed by atoms with E-state index in [1.165, 1.54) is 0 Å². The molecule has 0 saturated carbocycles. The molecule has 0 fully saturated rings. The molecule has 3 rings (SSSR count). The molecule has 42 heavy (non-hydrogen) atoms. The molecule has 0 aliphatic heterocycles. The molecule has 2 amide bonds. The van der Waals surface area contributed by atoms with Crippen LogP contribution in [-0.4, -0.2) is 45.5 Å². The second kappa shape index (κ2) is 13.4. The number of carbonyl (C=O) groups excluding carboxylic acids is 2. The van der Waals surface area contributed by atoms with Gasteiger partial charge in [0.05, 0.1) is 11.4 Å². The van der Waals surface area contributed by atoms with Crippen LogP contribution in [0.3, 0.4) is 0 Å². The van der Waals surface area contributed by atoms with Gasteiger partial charge in [-0.15, -0.1) is 0 Å². The maximum atomic E-state index is 13.1. The number of aliphatic carboxylic acids is 1. The fourth-order valence-electron chi connectivity index (χ4n) is 4.30. The van der Waals surface area contributed by atoms with Crippen molar-refractivity contribution in [3.63, 3.8) is 0 Å². The molecule has 9 nitrogen and oxygen atoms in total. The average Bonchev–Trinajstić information content (AvgIpc) is 2.87. The number of halogens is 1. The molecule has 0 spiro atoms. The Kier molecular flexibility index (Phi) is 10.4. The van der Waals surface area contributed by atoms with Crippen LogP contribution < -0.4 is 15.4 Å². The molecule has 2 atom stereocenters. The highest BCUT2D eigenvalue weighted by atomic mass is 35.5. The van der Waals surface area contributed by atoms with Gasteiger partial charge >= 0.3 is 12.1 Å². The van der Waals surface area contributed by atoms with E-state index in [2.05, 4.69) is 15.4 Å². The smallest absolute Gasteiger partial charge is 0.407 e. The Morgan fingerprint density at radius 2 is 1.57 bits per heavy atom. The highest BCUT2D eigenvalue weighted by Gasteiger charge is 2.25. The van der Waals surface area contributed by atoms with Crippen molar-refractivity contribution in [3.05, 3.63) is 81.4 Å². The summed E-state index contributed by atoms with van der Waals surface area (Å²) in [5.74, 6) is -1.87. The Labute approximate surface area is 253 Å². The summed E-state index contributed by atoms with van der Waals surface area (Å²) in [7, 11) is -1.51. The molecule has 0 heterocycles. The summed E-state index contributed by atoms with van der Waals surface area (Å²) in [5.41, 5.74) is 4.84. The number of carbonyl (C=O) groups is 3. The molecule has 224 valence electrons. The van der Waals surface area contributed by atoms with E-state index >= 15 is 0 Å². The second-order valence-corrected chi connectivity index (χ2v) is 12.6. The van der Waals surface area contributed by atoms with Crippen molar-refractivity contribution in [3.8, 4) is 11.1 Å². The van der Waals surface area contributed by atoms with Gasteiger partial charge in [-0.2, -0.15) is 0 Å². The number of ether oxygens (including phenoxy) is 1. The van der Waals surface area contributed by atoms with Crippen molar-refractivity contribution >= 4 is 46.2 Å². The summed E-state index contributed by atoms with van der Waals surface area (Å²) in [6, 6.07) is 13.3. The lowest BCUT2D eigenvalue weighted by Crippen LogP contribution is -2.49. The lowest BCUT2D eigenvalue weighted by molar-refractivity contribution is -0.139. The molecule has 11 heteroatoms. The summed E-state index contributed by atoms with van der Waals surface area (Å²) in [4.78, 5) is 37.5. The van der Waals surface area contributed by atoms with Crippen molar-refractivity contribution in [2.24, 2.45) is 0 Å². The molecule has 0 aliphatic carbocycles. The molecule has 0 aliphatic rings. The third kappa shape index (κ3) is 8.56. The summed E-state index contributed by atoms with van der Waals surface area (Å²) in [5, 5.41) is 15.1. The molecule has 1 unspecified atom stereocenters. The number of anilines is 1. The molecular weight excluding hydrogens is 578 g/mol. The minimum atomic E-state index is -1.51. The van der Waals surface area contributed by atoms with Gasteiger partial charge in [-0.1, -0.05) is 35.9 Å². The number of nitrogens with one attached hydrogen (secondary N) is 3. The fraction of sp³-hybridized carbons (Fsp3) is 0.323. The number of hydrogen-bond donors (Lipinski definition) is 4. The highest BCUT2D eigenvalue weighted by Crippen LogP contribution is 2.29. The topological polar surface area (TPSA) is 134 Å². The van der Waals surface area contributed by atoms with Gasteiger partial charge in [-0.05, 0) is 106 Å². The van der Waals surface area contributed by atoms with Crippen LogP contribution in [0.5, 0.6) is 0 Å². The molecule has 0 bridgehead atoms. The zero-order chi connectivity index (χ0) is 31.4. The minimum Gasteiger partial charge on any atom is -0.480 e. The number of alkyl carbamates (subject to hydrolysis) is 1. The van der Waals surface area contributed by atoms with Gasteiger partial charge in [0.25, 0.3) is 5.91 Å². The Hall–Kier alpha value is -3.89. The molecule has 0 radical (unpaired) electrons. The summed E-state index contributed by atoms with van der Waals surface area (Å²) in [6.45, 7) is 12.0. The number of amides is 2. The van der Waals surface area contributed by atoms with Crippen LogP contribution in [-0.2, 0) is 20.5 Å². The van der Waals surface area contributed by atoms with Gasteiger partial charge in [-0.25, -0.2) is 13.8 Å². The summed E-state index contributed by atoms with van der Waals surface area (Å²) in [6.07, 6.45) is -0.779. The fourth-order valence-corrected chi connectivity index (χ4v) is 5.60. The van der Waals surface area contributed by atoms with Gasteiger partial charge in [0.15, 0.2) is 11.0 Å². The lowest BCUT2D eigenvalue weighted by Gasteiger charge is -2.21. The van der Waals surface area contributed by atoms with Crippen molar-refractivity contribution < 1.29 is 28.4 Å². The van der Waals surface area contributed by atoms with E-state index in [1.54, 1.807) is 40.7 Å². The molecular formula is C31H36ClN3O6S. The van der Waals surface area contributed by atoms with Crippen LogP contribution >= 0.6 is 11.6 Å². The van der Waals surface area contributed by atoms with Gasteiger partial charge < -0.3 is 25.2 Å². The van der Waals surface area contributed by atoms with Gasteiger partial charge in [0.2, 0.25) is 0 Å². The number of benzene rings is 3. The zero-order valence-corrected chi connectivity index (χ0v) is 26.3. The van der Waals surface area contributed by atoms with Crippen LogP contribution in [0.25, 0.3) is 11.1 Å². The van der Waals surface area contributed by atoms with Crippen molar-refractivity contribution in [2.75, 3.05) is 11.3 Å². The van der Waals surface area contributed by atoms with E-state index in [0.717, 1.165) is 22.3 Å². The number of hydrogen-bond acceptors (Lipinski definition) is 5. The largest absolute Gasteiger partial charge is 0.480 e. The number of rotatable bonds is 9. The van der Waals surface area contributed by atoms with Gasteiger partial charge in [-0.3, -0.25) is 4.79 Å². The zero-order valence-electron chi connectivity index (χ0n) is 24.7. The Balaban J connectivity index is 1.77. The van der Waals surface area contributed by atoms with Crippen molar-refractivity contribution in [1.29, 1.82) is 0 Å². The molecule has 3 aromatic rings. The van der Waals surface area contributed by atoms with E-state index in [-0.39, 0.29) is 6.54 Å². The van der Waals surface area contributed by atoms with Gasteiger partial charge in [0.1, 0.15) is 11.6 Å². The maximum Gasteiger partial charge on any atom is 0.407 e. The third-order valence-electron chi connectivity index (χ3n) is 6.27. The highest BCUT2D eigenvalue weighted by molar-refractivity contribution is 7.86. The van der Waals surface area contributed by atoms with E-state index < -0.39 is 40.6 Å². The number of carboxylic acid groups (broad SMARTS) is 1. The van der Waals surface area contributed by atoms with Crippen molar-refractivity contribution in [1.82, 2.24) is 10.6 Å². The average molecular weight is 614 g/mol. The van der Waals surface area contributed by atoms with Gasteiger partial charge in [0, 0.05) is 16.3 Å². The van der Waals surface area contributed by atoms with Crippen molar-refractivity contribution in [2.45, 2.75) is 65.0 Å².